The minimum atomic E-state index is -1.60. The number of carbonyl (C=O) groups is 2. The lowest BCUT2D eigenvalue weighted by atomic mass is 10.2. The Morgan fingerprint density at radius 3 is 2.67 bits per heavy atom. The van der Waals surface area contributed by atoms with E-state index in [1.165, 1.54) is 0 Å². The van der Waals surface area contributed by atoms with Crippen LogP contribution in [0.2, 0.25) is 0 Å². The Kier molecular flexibility index (Phi) is 5.35. The largest absolute Gasteiger partial charge is 0.479 e. The summed E-state index contributed by atoms with van der Waals surface area (Å²) in [5, 5.41) is 22.2. The van der Waals surface area contributed by atoms with Crippen molar-refractivity contribution in [3.8, 4) is 0 Å². The summed E-state index contributed by atoms with van der Waals surface area (Å²) >= 11 is 2.15. The number of carbonyl (C=O) groups excluding carboxylic acids is 1. The van der Waals surface area contributed by atoms with E-state index < -0.39 is 18.1 Å². The van der Waals surface area contributed by atoms with E-state index in [4.69, 9.17) is 10.2 Å². The van der Waals surface area contributed by atoms with Gasteiger partial charge in [-0.25, -0.2) is 9.59 Å². The number of halogens is 1. The van der Waals surface area contributed by atoms with Crippen LogP contribution in [-0.4, -0.2) is 34.9 Å². The Hall–Kier alpha value is -1.35. The van der Waals surface area contributed by atoms with Crippen molar-refractivity contribution in [1.82, 2.24) is 5.32 Å². The van der Waals surface area contributed by atoms with Crippen molar-refractivity contribution in [2.75, 3.05) is 11.9 Å². The number of aliphatic hydroxyl groups is 1. The maximum atomic E-state index is 11.4. The molecule has 1 unspecified atom stereocenters. The van der Waals surface area contributed by atoms with Crippen molar-refractivity contribution in [2.45, 2.75) is 13.0 Å². The Morgan fingerprint density at radius 1 is 1.44 bits per heavy atom. The number of carboxylic acid groups (broad SMARTS) is 1. The number of urea groups is 1. The van der Waals surface area contributed by atoms with E-state index in [9.17, 15) is 9.59 Å². The molecule has 18 heavy (non-hydrogen) atoms. The standard InChI is InChI=1S/C11H13IN2O4/c1-6-2-3-7(4-8(6)12)14-11(18)13-5-9(15)10(16)17/h2-4,9,15H,5H2,1H3,(H,16,17)(H2,13,14,18). The molecule has 98 valence electrons. The average Bonchev–Trinajstić information content (AvgIpc) is 2.30. The predicted molar refractivity (Wildman–Crippen MR) is 74.6 cm³/mol. The van der Waals surface area contributed by atoms with Gasteiger partial charge in [-0.1, -0.05) is 6.07 Å². The zero-order valence-corrected chi connectivity index (χ0v) is 11.8. The first kappa shape index (κ1) is 14.7. The molecular formula is C11H13IN2O4. The number of rotatable bonds is 4. The maximum Gasteiger partial charge on any atom is 0.334 e. The first-order chi connectivity index (χ1) is 8.40. The molecule has 0 fully saturated rings. The molecule has 0 spiro atoms. The Bertz CT molecular complexity index is 464. The van der Waals surface area contributed by atoms with E-state index in [0.29, 0.717) is 5.69 Å². The van der Waals surface area contributed by atoms with E-state index in [0.717, 1.165) is 9.13 Å². The Morgan fingerprint density at radius 2 is 2.11 bits per heavy atom. The maximum absolute atomic E-state index is 11.4. The van der Waals surface area contributed by atoms with Crippen LogP contribution >= 0.6 is 22.6 Å². The quantitative estimate of drug-likeness (QED) is 0.603. The molecule has 0 radical (unpaired) electrons. The van der Waals surface area contributed by atoms with Crippen LogP contribution in [0.5, 0.6) is 0 Å². The molecule has 4 N–H and O–H groups in total. The van der Waals surface area contributed by atoms with Crippen molar-refractivity contribution >= 4 is 40.3 Å². The molecular weight excluding hydrogens is 351 g/mol. The second-order valence-electron chi connectivity index (χ2n) is 3.65. The van der Waals surface area contributed by atoms with Gasteiger partial charge in [-0.3, -0.25) is 0 Å². The third-order valence-corrected chi connectivity index (χ3v) is 3.33. The molecule has 0 heterocycles. The summed E-state index contributed by atoms with van der Waals surface area (Å²) < 4.78 is 1.01. The number of nitrogens with one attached hydrogen (secondary N) is 2. The molecule has 0 aliphatic carbocycles. The van der Waals surface area contributed by atoms with Gasteiger partial charge in [-0.2, -0.15) is 0 Å². The fourth-order valence-electron chi connectivity index (χ4n) is 1.12. The van der Waals surface area contributed by atoms with Gasteiger partial charge in [-0.15, -0.1) is 0 Å². The van der Waals surface area contributed by atoms with E-state index in [1.807, 2.05) is 13.0 Å². The number of anilines is 1. The van der Waals surface area contributed by atoms with Gasteiger partial charge in [0.1, 0.15) is 0 Å². The predicted octanol–water partition coefficient (Wildman–Crippen LogP) is 1.17. The summed E-state index contributed by atoms with van der Waals surface area (Å²) in [6, 6.07) is 4.84. The van der Waals surface area contributed by atoms with Crippen LogP contribution in [-0.2, 0) is 4.79 Å². The minimum absolute atomic E-state index is 0.343. The lowest BCUT2D eigenvalue weighted by Crippen LogP contribution is -2.38. The number of aliphatic hydroxyl groups excluding tert-OH is 1. The van der Waals surface area contributed by atoms with Gasteiger partial charge in [-0.05, 0) is 47.2 Å². The molecule has 6 nitrogen and oxygen atoms in total. The zero-order chi connectivity index (χ0) is 13.7. The van der Waals surface area contributed by atoms with Crippen LogP contribution in [0.4, 0.5) is 10.5 Å². The molecule has 0 bridgehead atoms. The van der Waals surface area contributed by atoms with Crippen LogP contribution in [0.3, 0.4) is 0 Å². The number of aliphatic carboxylic acids is 1. The Labute approximate surface area is 118 Å². The minimum Gasteiger partial charge on any atom is -0.479 e. The SMILES string of the molecule is Cc1ccc(NC(=O)NCC(O)C(=O)O)cc1I. The summed E-state index contributed by atoms with van der Waals surface area (Å²) in [5.41, 5.74) is 1.70. The van der Waals surface area contributed by atoms with Gasteiger partial charge < -0.3 is 20.8 Å². The van der Waals surface area contributed by atoms with Gasteiger partial charge in [0.05, 0.1) is 6.54 Å². The molecule has 0 saturated heterocycles. The van der Waals surface area contributed by atoms with Crippen LogP contribution in [0.1, 0.15) is 5.56 Å². The smallest absolute Gasteiger partial charge is 0.334 e. The number of carboxylic acids is 1. The molecule has 0 aromatic heterocycles. The fourth-order valence-corrected chi connectivity index (χ4v) is 1.64. The van der Waals surface area contributed by atoms with Crippen LogP contribution in [0, 0.1) is 10.5 Å². The van der Waals surface area contributed by atoms with E-state index in [2.05, 4.69) is 33.2 Å². The second-order valence-corrected chi connectivity index (χ2v) is 4.82. The van der Waals surface area contributed by atoms with Crippen LogP contribution in [0.25, 0.3) is 0 Å². The van der Waals surface area contributed by atoms with Gasteiger partial charge in [0.25, 0.3) is 0 Å². The molecule has 2 amide bonds. The van der Waals surface area contributed by atoms with Crippen LogP contribution < -0.4 is 10.6 Å². The average molecular weight is 364 g/mol. The number of hydrogen-bond acceptors (Lipinski definition) is 3. The first-order valence-corrected chi connectivity index (χ1v) is 6.20. The summed E-state index contributed by atoms with van der Waals surface area (Å²) in [4.78, 5) is 21.7. The van der Waals surface area contributed by atoms with Crippen molar-refractivity contribution < 1.29 is 19.8 Å². The highest BCUT2D eigenvalue weighted by Crippen LogP contribution is 2.16. The topological polar surface area (TPSA) is 98.7 Å². The van der Waals surface area contributed by atoms with Gasteiger partial charge >= 0.3 is 12.0 Å². The summed E-state index contributed by atoms with van der Waals surface area (Å²) in [6.07, 6.45) is -1.60. The zero-order valence-electron chi connectivity index (χ0n) is 9.61. The second kappa shape index (κ2) is 6.55. The normalized spacial score (nSPS) is 11.7. The van der Waals surface area contributed by atoms with Crippen molar-refractivity contribution in [1.29, 1.82) is 0 Å². The highest BCUT2D eigenvalue weighted by Gasteiger charge is 2.14. The summed E-state index contributed by atoms with van der Waals surface area (Å²) in [6.45, 7) is 1.61. The lowest BCUT2D eigenvalue weighted by Gasteiger charge is -2.10. The number of hydrogen-bond donors (Lipinski definition) is 4. The van der Waals surface area contributed by atoms with Crippen molar-refractivity contribution in [3.63, 3.8) is 0 Å². The van der Waals surface area contributed by atoms with Crippen LogP contribution in [0.15, 0.2) is 18.2 Å². The summed E-state index contributed by atoms with van der Waals surface area (Å²) in [5.74, 6) is -1.37. The third-order valence-electron chi connectivity index (χ3n) is 2.17. The Balaban J connectivity index is 2.49. The number of aryl methyl sites for hydroxylation is 1. The highest BCUT2D eigenvalue weighted by molar-refractivity contribution is 14.1. The van der Waals surface area contributed by atoms with E-state index >= 15 is 0 Å². The number of benzene rings is 1. The van der Waals surface area contributed by atoms with E-state index in [-0.39, 0.29) is 6.54 Å². The molecule has 0 saturated carbocycles. The molecule has 1 rings (SSSR count). The van der Waals surface area contributed by atoms with Crippen molar-refractivity contribution in [3.05, 3.63) is 27.3 Å². The summed E-state index contributed by atoms with van der Waals surface area (Å²) in [7, 11) is 0. The molecule has 7 heteroatoms. The van der Waals surface area contributed by atoms with E-state index in [1.54, 1.807) is 12.1 Å². The lowest BCUT2D eigenvalue weighted by molar-refractivity contribution is -0.146. The molecule has 1 atom stereocenters. The van der Waals surface area contributed by atoms with Gasteiger partial charge in [0.15, 0.2) is 6.10 Å². The molecule has 1 aromatic carbocycles. The third kappa shape index (κ3) is 4.49. The van der Waals surface area contributed by atoms with Gasteiger partial charge in [0.2, 0.25) is 0 Å². The highest BCUT2D eigenvalue weighted by atomic mass is 127. The van der Waals surface area contributed by atoms with Gasteiger partial charge in [0, 0.05) is 9.26 Å². The molecule has 0 aliphatic heterocycles. The molecule has 1 aromatic rings. The number of amides is 2. The molecule has 0 aliphatic rings. The monoisotopic (exact) mass is 364 g/mol. The first-order valence-electron chi connectivity index (χ1n) is 5.12. The fraction of sp³-hybridized carbons (Fsp3) is 0.273. The van der Waals surface area contributed by atoms with Crippen molar-refractivity contribution in [2.24, 2.45) is 0 Å².